The molecule has 0 heterocycles. The average molecular weight is 404 g/mol. The maximum Gasteiger partial charge on any atom is 0.319 e. The van der Waals surface area contributed by atoms with Crippen LogP contribution in [0, 0.1) is 29.5 Å². The Morgan fingerprint density at radius 2 is 1.93 bits per heavy atom. The lowest BCUT2D eigenvalue weighted by molar-refractivity contribution is 0.250. The van der Waals surface area contributed by atoms with E-state index in [4.69, 9.17) is 16.9 Å². The number of urea groups is 1. The Bertz CT molecular complexity index is 859. The van der Waals surface area contributed by atoms with Crippen LogP contribution >= 0.6 is 11.6 Å². The van der Waals surface area contributed by atoms with Crippen molar-refractivity contribution in [2.75, 3.05) is 11.9 Å². The van der Waals surface area contributed by atoms with Gasteiger partial charge in [0, 0.05) is 11.6 Å². The van der Waals surface area contributed by atoms with Gasteiger partial charge in [0.25, 0.3) is 0 Å². The molecule has 2 amide bonds. The number of hydrogen-bond acceptors (Lipinski definition) is 2. The summed E-state index contributed by atoms with van der Waals surface area (Å²) in [5, 5.41) is 14.7. The molecule has 6 heteroatoms. The van der Waals surface area contributed by atoms with Crippen LogP contribution in [0.2, 0.25) is 5.02 Å². The third-order valence-electron chi connectivity index (χ3n) is 4.04. The topological polar surface area (TPSA) is 64.9 Å². The number of amides is 2. The normalized spacial score (nSPS) is 10.4. The molecular weight excluding hydrogens is 377 g/mol. The highest BCUT2D eigenvalue weighted by atomic mass is 35.5. The van der Waals surface area contributed by atoms with E-state index < -0.39 is 17.3 Å². The molecule has 4 nitrogen and oxygen atoms in total. The van der Waals surface area contributed by atoms with E-state index >= 15 is 0 Å². The van der Waals surface area contributed by atoms with Gasteiger partial charge in [-0.25, -0.2) is 9.18 Å². The Kier molecular flexibility index (Phi) is 8.94. The van der Waals surface area contributed by atoms with Crippen molar-refractivity contribution < 1.29 is 9.18 Å². The molecule has 2 aromatic carbocycles. The predicted octanol–water partition coefficient (Wildman–Crippen LogP) is 6.54. The SMILES string of the molecule is CC.Cc1cc(F)c(NC(=O)NCCC(C)(C)C#N)cc1-c1cccc(Cl)c1. The number of carbonyl (C=O) groups is 1. The third-order valence-corrected chi connectivity index (χ3v) is 4.27. The van der Waals surface area contributed by atoms with E-state index in [1.54, 1.807) is 39.0 Å². The lowest BCUT2D eigenvalue weighted by Crippen LogP contribution is -2.32. The fraction of sp³-hybridized carbons (Fsp3) is 0.364. The Balaban J connectivity index is 0.00000190. The summed E-state index contributed by atoms with van der Waals surface area (Å²) in [6.45, 7) is 9.71. The van der Waals surface area contributed by atoms with Crippen molar-refractivity contribution in [1.82, 2.24) is 5.32 Å². The number of halogens is 2. The predicted molar refractivity (Wildman–Crippen MR) is 114 cm³/mol. The summed E-state index contributed by atoms with van der Waals surface area (Å²) in [4.78, 5) is 12.0. The molecule has 0 unspecified atom stereocenters. The number of anilines is 1. The fourth-order valence-corrected chi connectivity index (χ4v) is 2.64. The minimum absolute atomic E-state index is 0.0858. The van der Waals surface area contributed by atoms with Crippen LogP contribution in [0.1, 0.15) is 39.7 Å². The number of carbonyl (C=O) groups excluding carboxylic acids is 1. The van der Waals surface area contributed by atoms with E-state index in [2.05, 4.69) is 16.7 Å². The zero-order valence-electron chi connectivity index (χ0n) is 17.0. The van der Waals surface area contributed by atoms with Crippen molar-refractivity contribution in [2.24, 2.45) is 5.41 Å². The molecule has 0 saturated carbocycles. The highest BCUT2D eigenvalue weighted by molar-refractivity contribution is 6.30. The molecule has 150 valence electrons. The lowest BCUT2D eigenvalue weighted by atomic mass is 9.92. The molecule has 28 heavy (non-hydrogen) atoms. The minimum Gasteiger partial charge on any atom is -0.338 e. The van der Waals surface area contributed by atoms with Crippen LogP contribution < -0.4 is 10.6 Å². The molecule has 0 atom stereocenters. The zero-order chi connectivity index (χ0) is 21.3. The molecule has 0 bridgehead atoms. The van der Waals surface area contributed by atoms with Crippen molar-refractivity contribution in [3.05, 3.63) is 52.8 Å². The molecule has 0 aliphatic carbocycles. The molecule has 0 aromatic heterocycles. The summed E-state index contributed by atoms with van der Waals surface area (Å²) in [7, 11) is 0. The lowest BCUT2D eigenvalue weighted by Gasteiger charge is -2.16. The van der Waals surface area contributed by atoms with Gasteiger partial charge in [0.1, 0.15) is 5.82 Å². The number of rotatable bonds is 5. The molecule has 0 spiro atoms. The monoisotopic (exact) mass is 403 g/mol. The molecule has 0 aliphatic rings. The Morgan fingerprint density at radius 1 is 1.25 bits per heavy atom. The number of aryl methyl sites for hydroxylation is 1. The number of nitrogens with zero attached hydrogens (tertiary/aromatic N) is 1. The molecule has 2 aromatic rings. The molecule has 0 saturated heterocycles. The van der Waals surface area contributed by atoms with Crippen LogP contribution in [0.3, 0.4) is 0 Å². The standard InChI is InChI=1S/C20H21ClFN3O.C2H6/c1-13-9-17(22)18(11-16(13)14-5-4-6-15(21)10-14)25-19(26)24-8-7-20(2,3)12-23;1-2/h4-6,9-11H,7-8H2,1-3H3,(H2,24,25,26);1-2H3. The van der Waals surface area contributed by atoms with Gasteiger partial charge in [-0.3, -0.25) is 0 Å². The molecule has 2 N–H and O–H groups in total. The zero-order valence-corrected chi connectivity index (χ0v) is 17.7. The largest absolute Gasteiger partial charge is 0.338 e. The third kappa shape index (κ3) is 6.86. The fourth-order valence-electron chi connectivity index (χ4n) is 2.45. The summed E-state index contributed by atoms with van der Waals surface area (Å²) < 4.78 is 14.2. The molecule has 0 aliphatic heterocycles. The second-order valence-corrected chi connectivity index (χ2v) is 7.22. The van der Waals surface area contributed by atoms with Gasteiger partial charge in [-0.15, -0.1) is 0 Å². The quantitative estimate of drug-likeness (QED) is 0.595. The van der Waals surface area contributed by atoms with E-state index in [9.17, 15) is 9.18 Å². The van der Waals surface area contributed by atoms with Crippen molar-refractivity contribution in [2.45, 2.75) is 41.0 Å². The van der Waals surface area contributed by atoms with Crippen LogP contribution in [0.4, 0.5) is 14.9 Å². The maximum atomic E-state index is 14.2. The Morgan fingerprint density at radius 3 is 2.54 bits per heavy atom. The first-order valence-electron chi connectivity index (χ1n) is 9.24. The first-order valence-corrected chi connectivity index (χ1v) is 9.62. The van der Waals surface area contributed by atoms with Crippen LogP contribution in [-0.2, 0) is 0 Å². The van der Waals surface area contributed by atoms with Gasteiger partial charge in [-0.2, -0.15) is 5.26 Å². The van der Waals surface area contributed by atoms with Gasteiger partial charge in [0.05, 0.1) is 17.2 Å². The van der Waals surface area contributed by atoms with E-state index in [1.165, 1.54) is 6.07 Å². The van der Waals surface area contributed by atoms with Gasteiger partial charge >= 0.3 is 6.03 Å². The number of nitrogens with one attached hydrogen (secondary N) is 2. The van der Waals surface area contributed by atoms with Crippen molar-refractivity contribution in [3.63, 3.8) is 0 Å². The van der Waals surface area contributed by atoms with Gasteiger partial charge < -0.3 is 10.6 Å². The van der Waals surface area contributed by atoms with Gasteiger partial charge in [0.2, 0.25) is 0 Å². The first-order chi connectivity index (χ1) is 13.2. The maximum absolute atomic E-state index is 14.2. The van der Waals surface area contributed by atoms with Gasteiger partial charge in [0.15, 0.2) is 0 Å². The smallest absolute Gasteiger partial charge is 0.319 e. The van der Waals surface area contributed by atoms with Crippen molar-refractivity contribution in [3.8, 4) is 17.2 Å². The van der Waals surface area contributed by atoms with E-state index in [0.29, 0.717) is 18.0 Å². The van der Waals surface area contributed by atoms with Crippen LogP contribution in [0.15, 0.2) is 36.4 Å². The number of hydrogen-bond donors (Lipinski definition) is 2. The number of nitriles is 1. The van der Waals surface area contributed by atoms with Crippen LogP contribution in [0.25, 0.3) is 11.1 Å². The number of benzene rings is 2. The summed E-state index contributed by atoms with van der Waals surface area (Å²) >= 11 is 6.03. The summed E-state index contributed by atoms with van der Waals surface area (Å²) in [5.74, 6) is -0.513. The van der Waals surface area contributed by atoms with Crippen LogP contribution in [0.5, 0.6) is 0 Å². The summed E-state index contributed by atoms with van der Waals surface area (Å²) in [6.07, 6.45) is 0.501. The van der Waals surface area contributed by atoms with E-state index in [0.717, 1.165) is 16.7 Å². The first kappa shape index (κ1) is 23.5. The summed E-state index contributed by atoms with van der Waals surface area (Å²) in [6, 6.07) is 11.9. The molecule has 0 fully saturated rings. The van der Waals surface area contributed by atoms with E-state index in [-0.39, 0.29) is 5.69 Å². The molecule has 2 rings (SSSR count). The van der Waals surface area contributed by atoms with Crippen molar-refractivity contribution in [1.29, 1.82) is 5.26 Å². The summed E-state index contributed by atoms with van der Waals surface area (Å²) in [5.41, 5.74) is 1.93. The highest BCUT2D eigenvalue weighted by Gasteiger charge is 2.17. The average Bonchev–Trinajstić information content (AvgIpc) is 2.65. The van der Waals surface area contributed by atoms with Crippen molar-refractivity contribution >= 4 is 23.3 Å². The van der Waals surface area contributed by atoms with Gasteiger partial charge in [-0.1, -0.05) is 37.6 Å². The minimum atomic E-state index is -0.526. The Hall–Kier alpha value is -2.58. The second-order valence-electron chi connectivity index (χ2n) is 6.78. The second kappa shape index (κ2) is 10.7. The molecular formula is C22H27ClFN3O. The highest BCUT2D eigenvalue weighted by Crippen LogP contribution is 2.30. The van der Waals surface area contributed by atoms with Gasteiger partial charge in [-0.05, 0) is 68.1 Å². The van der Waals surface area contributed by atoms with E-state index in [1.807, 2.05) is 26.0 Å². The molecule has 0 radical (unpaired) electrons. The Labute approximate surface area is 171 Å². The van der Waals surface area contributed by atoms with Crippen LogP contribution in [-0.4, -0.2) is 12.6 Å².